The first kappa shape index (κ1) is 11.0. The third-order valence-corrected chi connectivity index (χ3v) is 3.57. The van der Waals surface area contributed by atoms with Gasteiger partial charge in [0.05, 0.1) is 0 Å². The fraction of sp³-hybridized carbons (Fsp3) is 0.308. The third-order valence-electron chi connectivity index (χ3n) is 3.12. The molecular weight excluding hydrogens is 283 g/mol. The lowest BCUT2D eigenvalue weighted by atomic mass is 10.1. The van der Waals surface area contributed by atoms with Crippen molar-refractivity contribution in [1.82, 2.24) is 4.98 Å². The SMILES string of the molecule is CNc1cc(C2CC2)nc2c(F)cc(Br)cc12. The van der Waals surface area contributed by atoms with Gasteiger partial charge in [0.1, 0.15) is 5.52 Å². The molecule has 0 amide bonds. The number of anilines is 1. The Balaban J connectivity index is 2.31. The van der Waals surface area contributed by atoms with E-state index in [1.807, 2.05) is 19.2 Å². The quantitative estimate of drug-likeness (QED) is 0.904. The third kappa shape index (κ3) is 1.90. The molecule has 1 aromatic heterocycles. The van der Waals surface area contributed by atoms with Gasteiger partial charge in [0.15, 0.2) is 5.82 Å². The first-order valence-electron chi connectivity index (χ1n) is 5.66. The number of rotatable bonds is 2. The Kier molecular flexibility index (Phi) is 2.54. The zero-order valence-electron chi connectivity index (χ0n) is 9.43. The summed E-state index contributed by atoms with van der Waals surface area (Å²) in [7, 11) is 1.85. The van der Waals surface area contributed by atoms with Gasteiger partial charge in [-0.3, -0.25) is 0 Å². The molecule has 88 valence electrons. The first-order chi connectivity index (χ1) is 8.19. The largest absolute Gasteiger partial charge is 0.388 e. The average molecular weight is 295 g/mol. The van der Waals surface area contributed by atoms with Crippen LogP contribution in [0.25, 0.3) is 10.9 Å². The van der Waals surface area contributed by atoms with Gasteiger partial charge in [-0.1, -0.05) is 15.9 Å². The number of nitrogens with zero attached hydrogens (tertiary/aromatic N) is 1. The van der Waals surface area contributed by atoms with E-state index in [2.05, 4.69) is 26.2 Å². The number of hydrogen-bond donors (Lipinski definition) is 1. The van der Waals surface area contributed by atoms with Crippen molar-refractivity contribution in [3.8, 4) is 0 Å². The molecule has 4 heteroatoms. The highest BCUT2D eigenvalue weighted by Gasteiger charge is 2.26. The molecule has 0 aliphatic heterocycles. The first-order valence-corrected chi connectivity index (χ1v) is 6.46. The Morgan fingerprint density at radius 3 is 2.76 bits per heavy atom. The Labute approximate surface area is 107 Å². The van der Waals surface area contributed by atoms with E-state index in [1.165, 1.54) is 18.9 Å². The summed E-state index contributed by atoms with van der Waals surface area (Å²) in [6, 6.07) is 5.39. The molecule has 0 unspecified atom stereocenters. The summed E-state index contributed by atoms with van der Waals surface area (Å²) in [6.45, 7) is 0. The van der Waals surface area contributed by atoms with Crippen LogP contribution in [-0.2, 0) is 0 Å². The van der Waals surface area contributed by atoms with Gasteiger partial charge in [-0.25, -0.2) is 9.37 Å². The topological polar surface area (TPSA) is 24.9 Å². The lowest BCUT2D eigenvalue weighted by Crippen LogP contribution is -1.97. The summed E-state index contributed by atoms with van der Waals surface area (Å²) < 4.78 is 14.6. The number of hydrogen-bond acceptors (Lipinski definition) is 2. The van der Waals surface area contributed by atoms with Crippen molar-refractivity contribution in [2.75, 3.05) is 12.4 Å². The highest BCUT2D eigenvalue weighted by atomic mass is 79.9. The molecule has 17 heavy (non-hydrogen) atoms. The minimum absolute atomic E-state index is 0.270. The zero-order chi connectivity index (χ0) is 12.0. The Bertz CT molecular complexity index is 593. The van der Waals surface area contributed by atoms with E-state index >= 15 is 0 Å². The minimum atomic E-state index is -0.270. The predicted molar refractivity (Wildman–Crippen MR) is 70.9 cm³/mol. The fourth-order valence-corrected chi connectivity index (χ4v) is 2.50. The zero-order valence-corrected chi connectivity index (χ0v) is 11.0. The molecule has 3 rings (SSSR count). The van der Waals surface area contributed by atoms with Crippen LogP contribution >= 0.6 is 15.9 Å². The second-order valence-electron chi connectivity index (χ2n) is 4.40. The van der Waals surface area contributed by atoms with Crippen LogP contribution in [0.3, 0.4) is 0 Å². The molecule has 1 aromatic carbocycles. The van der Waals surface area contributed by atoms with Crippen LogP contribution in [-0.4, -0.2) is 12.0 Å². The van der Waals surface area contributed by atoms with Gasteiger partial charge in [0.2, 0.25) is 0 Å². The second-order valence-corrected chi connectivity index (χ2v) is 5.32. The molecule has 0 radical (unpaired) electrons. The standard InChI is InChI=1S/C13H12BrFN2/c1-16-12-6-11(7-2-3-7)17-13-9(12)4-8(14)5-10(13)15/h4-7H,2-3H2,1H3,(H,16,17). The van der Waals surface area contributed by atoms with Crippen LogP contribution in [0.2, 0.25) is 0 Å². The maximum atomic E-state index is 13.9. The number of halogens is 2. The van der Waals surface area contributed by atoms with E-state index in [-0.39, 0.29) is 5.82 Å². The molecule has 1 aliphatic rings. The number of aromatic nitrogens is 1. The highest BCUT2D eigenvalue weighted by molar-refractivity contribution is 9.10. The monoisotopic (exact) mass is 294 g/mol. The molecule has 0 bridgehead atoms. The molecule has 1 aliphatic carbocycles. The Morgan fingerprint density at radius 1 is 1.35 bits per heavy atom. The van der Waals surface area contributed by atoms with Crippen molar-refractivity contribution in [1.29, 1.82) is 0 Å². The van der Waals surface area contributed by atoms with Gasteiger partial charge in [-0.15, -0.1) is 0 Å². The van der Waals surface area contributed by atoms with Gasteiger partial charge in [-0.05, 0) is 31.0 Å². The summed E-state index contributed by atoms with van der Waals surface area (Å²) in [5.41, 5.74) is 2.40. The van der Waals surface area contributed by atoms with Crippen molar-refractivity contribution in [2.45, 2.75) is 18.8 Å². The van der Waals surface area contributed by atoms with Crippen LogP contribution in [0.15, 0.2) is 22.7 Å². The van der Waals surface area contributed by atoms with E-state index in [4.69, 9.17) is 0 Å². The Morgan fingerprint density at radius 2 is 2.12 bits per heavy atom. The lowest BCUT2D eigenvalue weighted by molar-refractivity contribution is 0.635. The van der Waals surface area contributed by atoms with Crippen molar-refractivity contribution < 1.29 is 4.39 Å². The normalized spacial score (nSPS) is 15.2. The fourth-order valence-electron chi connectivity index (χ4n) is 2.07. The maximum absolute atomic E-state index is 13.9. The van der Waals surface area contributed by atoms with Crippen molar-refractivity contribution in [3.63, 3.8) is 0 Å². The van der Waals surface area contributed by atoms with Crippen LogP contribution < -0.4 is 5.32 Å². The van der Waals surface area contributed by atoms with E-state index in [9.17, 15) is 4.39 Å². The number of nitrogens with one attached hydrogen (secondary N) is 1. The Hall–Kier alpha value is -1.16. The van der Waals surface area contributed by atoms with Gasteiger partial charge >= 0.3 is 0 Å². The average Bonchev–Trinajstić information content (AvgIpc) is 3.11. The molecule has 1 N–H and O–H groups in total. The van der Waals surface area contributed by atoms with Gasteiger partial charge in [0, 0.05) is 34.2 Å². The van der Waals surface area contributed by atoms with Gasteiger partial charge in [-0.2, -0.15) is 0 Å². The van der Waals surface area contributed by atoms with Crippen LogP contribution in [0.1, 0.15) is 24.5 Å². The van der Waals surface area contributed by atoms with E-state index in [0.29, 0.717) is 11.4 Å². The molecule has 0 spiro atoms. The van der Waals surface area contributed by atoms with Crippen molar-refractivity contribution >= 4 is 32.5 Å². The summed E-state index contributed by atoms with van der Waals surface area (Å²) in [5, 5.41) is 3.94. The summed E-state index contributed by atoms with van der Waals surface area (Å²) in [4.78, 5) is 4.45. The second kappa shape index (κ2) is 3.95. The van der Waals surface area contributed by atoms with E-state index in [0.717, 1.165) is 21.2 Å². The van der Waals surface area contributed by atoms with Crippen LogP contribution in [0.5, 0.6) is 0 Å². The molecule has 0 saturated heterocycles. The van der Waals surface area contributed by atoms with E-state index < -0.39 is 0 Å². The summed E-state index contributed by atoms with van der Waals surface area (Å²) >= 11 is 3.31. The van der Waals surface area contributed by atoms with Crippen LogP contribution in [0.4, 0.5) is 10.1 Å². The molecule has 1 heterocycles. The van der Waals surface area contributed by atoms with E-state index in [1.54, 1.807) is 0 Å². The molecule has 0 atom stereocenters. The predicted octanol–water partition coefficient (Wildman–Crippen LogP) is 4.06. The molecular formula is C13H12BrFN2. The van der Waals surface area contributed by atoms with Crippen molar-refractivity contribution in [3.05, 3.63) is 34.2 Å². The van der Waals surface area contributed by atoms with Crippen LogP contribution in [0, 0.1) is 5.82 Å². The number of fused-ring (bicyclic) bond motifs is 1. The van der Waals surface area contributed by atoms with Crippen molar-refractivity contribution in [2.24, 2.45) is 0 Å². The highest BCUT2D eigenvalue weighted by Crippen LogP contribution is 2.41. The smallest absolute Gasteiger partial charge is 0.150 e. The molecule has 2 aromatic rings. The van der Waals surface area contributed by atoms with Gasteiger partial charge in [0.25, 0.3) is 0 Å². The molecule has 1 fully saturated rings. The minimum Gasteiger partial charge on any atom is -0.388 e. The number of benzene rings is 1. The summed E-state index contributed by atoms with van der Waals surface area (Å²) in [6.07, 6.45) is 2.33. The summed E-state index contributed by atoms with van der Waals surface area (Å²) in [5.74, 6) is 0.253. The lowest BCUT2D eigenvalue weighted by Gasteiger charge is -2.09. The maximum Gasteiger partial charge on any atom is 0.150 e. The van der Waals surface area contributed by atoms with Gasteiger partial charge < -0.3 is 5.32 Å². The molecule has 1 saturated carbocycles. The number of pyridine rings is 1. The molecule has 2 nitrogen and oxygen atoms in total.